The molecule has 6 N–H and O–H groups in total. The molecule has 0 bridgehead atoms. The smallest absolute Gasteiger partial charge is 0.239 e. The Balaban J connectivity index is 0.913. The van der Waals surface area contributed by atoms with Gasteiger partial charge in [0.1, 0.15) is 11.5 Å². The zero-order valence-corrected chi connectivity index (χ0v) is 34.6. The number of anilines is 2. The molecule has 2 amide bonds. The van der Waals surface area contributed by atoms with Crippen LogP contribution in [0.2, 0.25) is 0 Å². The van der Waals surface area contributed by atoms with Gasteiger partial charge in [0.25, 0.3) is 0 Å². The first-order chi connectivity index (χ1) is 28.4. The predicted molar refractivity (Wildman–Crippen MR) is 231 cm³/mol. The Morgan fingerprint density at radius 2 is 1.67 bits per heavy atom. The average Bonchev–Trinajstić information content (AvgIpc) is 3.72. The highest BCUT2D eigenvalue weighted by molar-refractivity contribution is 5.90. The summed E-state index contributed by atoms with van der Waals surface area (Å²) in [5, 5.41) is 23.9. The van der Waals surface area contributed by atoms with Gasteiger partial charge in [0.05, 0.1) is 24.3 Å². The minimum atomic E-state index is -0.704. The molecule has 1 saturated heterocycles. The van der Waals surface area contributed by atoms with Crippen molar-refractivity contribution in [1.82, 2.24) is 45.4 Å². The molecule has 1 unspecified atom stereocenters. The number of carbonyl (C=O) groups is 2. The van der Waals surface area contributed by atoms with Crippen molar-refractivity contribution < 1.29 is 9.59 Å². The molecular weight excluding hydrogens is 729 g/mol. The van der Waals surface area contributed by atoms with Gasteiger partial charge < -0.3 is 36.8 Å². The van der Waals surface area contributed by atoms with Crippen molar-refractivity contribution >= 4 is 34.5 Å². The molecule has 14 heteroatoms. The first kappa shape index (κ1) is 42.9. The van der Waals surface area contributed by atoms with Crippen molar-refractivity contribution in [3.8, 4) is 0 Å². The average molecular weight is 795 g/mol. The number of para-hydroxylation sites is 1. The quantitative estimate of drug-likeness (QED) is 0.0604. The van der Waals surface area contributed by atoms with E-state index in [0.717, 1.165) is 98.7 Å². The Bertz CT molecular complexity index is 1820. The molecule has 0 radical (unpaired) electrons. The number of rotatable bonds is 23. The number of likely N-dealkylation sites (tertiary alicyclic amines) is 1. The van der Waals surface area contributed by atoms with E-state index in [-0.39, 0.29) is 24.3 Å². The molecule has 0 spiro atoms. The molecule has 1 aliphatic carbocycles. The third-order valence-corrected chi connectivity index (χ3v) is 11.4. The molecule has 6 rings (SSSR count). The Labute approximate surface area is 344 Å². The summed E-state index contributed by atoms with van der Waals surface area (Å²) in [5.41, 5.74) is 9.15. The predicted octanol–water partition coefficient (Wildman–Crippen LogP) is 5.46. The molecule has 2 aromatic heterocycles. The summed E-state index contributed by atoms with van der Waals surface area (Å²) in [6, 6.07) is 18.2. The first-order valence-corrected chi connectivity index (χ1v) is 21.9. The summed E-state index contributed by atoms with van der Waals surface area (Å²) in [7, 11) is 0. The van der Waals surface area contributed by atoms with E-state index >= 15 is 0 Å². The summed E-state index contributed by atoms with van der Waals surface area (Å²) >= 11 is 0. The van der Waals surface area contributed by atoms with E-state index in [1.807, 2.05) is 75.3 Å². The topological polar surface area (TPSA) is 171 Å². The van der Waals surface area contributed by atoms with Gasteiger partial charge in [-0.2, -0.15) is 4.98 Å². The molecule has 1 saturated carbocycles. The molecule has 2 fully saturated rings. The fourth-order valence-electron chi connectivity index (χ4n) is 7.96. The monoisotopic (exact) mass is 795 g/mol. The van der Waals surface area contributed by atoms with Crippen molar-refractivity contribution in [2.75, 3.05) is 49.9 Å². The van der Waals surface area contributed by atoms with Crippen LogP contribution in [0.3, 0.4) is 0 Å². The third-order valence-electron chi connectivity index (χ3n) is 11.4. The fourth-order valence-corrected chi connectivity index (χ4v) is 7.96. The van der Waals surface area contributed by atoms with Gasteiger partial charge in [-0.1, -0.05) is 80.3 Å². The third kappa shape index (κ3) is 13.5. The van der Waals surface area contributed by atoms with Gasteiger partial charge in [-0.05, 0) is 88.7 Å². The number of nitrogens with zero attached hydrogens (tertiary/aromatic N) is 7. The number of nitrogens with two attached hydrogens (primary N) is 1. The number of hydrogen-bond acceptors (Lipinski definition) is 11. The van der Waals surface area contributed by atoms with Crippen molar-refractivity contribution in [2.24, 2.45) is 5.73 Å². The molecule has 58 heavy (non-hydrogen) atoms. The van der Waals surface area contributed by atoms with Crippen LogP contribution in [0.4, 0.5) is 11.8 Å². The molecule has 314 valence electrons. The lowest BCUT2D eigenvalue weighted by atomic mass is 9.95. The number of benzene rings is 2. The van der Waals surface area contributed by atoms with E-state index in [9.17, 15) is 9.59 Å². The van der Waals surface area contributed by atoms with Crippen LogP contribution in [0.15, 0.2) is 60.8 Å². The molecular formula is C44H66N12O2. The maximum absolute atomic E-state index is 13.3. The van der Waals surface area contributed by atoms with Gasteiger partial charge in [0.15, 0.2) is 0 Å². The standard InChI is InChI=1S/C44H66N12O2/c1-2-3-27-55(32-34-14-6-4-7-15-34)43(58)39(45)20-21-41(57)54-29-22-36(23-30-54)49-42-38-18-10-11-19-40(38)50-44(51-42)48-31-37-33-56(53-52-37)28-13-25-46-24-12-26-47-35-16-8-5-9-17-35/h4,6-7,10-11,14-15,18-19,33,35-36,39,46-47H,2-3,5,8-9,12-13,16-17,20-32,45H2,1H3,(H2,48,49,50,51). The van der Waals surface area contributed by atoms with Crippen LogP contribution in [0.1, 0.15) is 102 Å². The van der Waals surface area contributed by atoms with Crippen molar-refractivity contribution in [3.63, 3.8) is 0 Å². The molecule has 14 nitrogen and oxygen atoms in total. The Morgan fingerprint density at radius 3 is 2.48 bits per heavy atom. The minimum absolute atomic E-state index is 0.0467. The van der Waals surface area contributed by atoms with Gasteiger partial charge >= 0.3 is 0 Å². The van der Waals surface area contributed by atoms with E-state index in [2.05, 4.69) is 38.5 Å². The molecule has 4 aromatic rings. The van der Waals surface area contributed by atoms with Gasteiger partial charge in [-0.3, -0.25) is 14.3 Å². The molecule has 3 heterocycles. The van der Waals surface area contributed by atoms with Crippen molar-refractivity contribution in [2.45, 2.75) is 128 Å². The van der Waals surface area contributed by atoms with Gasteiger partial charge in [0, 0.05) is 56.6 Å². The number of nitrogens with one attached hydrogen (secondary N) is 4. The summed E-state index contributed by atoms with van der Waals surface area (Å²) in [6.45, 7) is 8.92. The van der Waals surface area contributed by atoms with Crippen LogP contribution in [0.25, 0.3) is 10.9 Å². The van der Waals surface area contributed by atoms with Gasteiger partial charge in [-0.25, -0.2) is 4.98 Å². The van der Waals surface area contributed by atoms with Crippen LogP contribution in [-0.4, -0.2) is 104 Å². The first-order valence-electron chi connectivity index (χ1n) is 21.9. The highest BCUT2D eigenvalue weighted by atomic mass is 16.2. The number of amides is 2. The number of hydrogen-bond donors (Lipinski definition) is 5. The normalized spacial score (nSPS) is 15.7. The lowest BCUT2D eigenvalue weighted by Gasteiger charge is -2.33. The van der Waals surface area contributed by atoms with E-state index in [4.69, 9.17) is 15.7 Å². The lowest BCUT2D eigenvalue weighted by molar-refractivity contribution is -0.134. The van der Waals surface area contributed by atoms with E-state index < -0.39 is 6.04 Å². The largest absolute Gasteiger partial charge is 0.367 e. The van der Waals surface area contributed by atoms with Crippen LogP contribution >= 0.6 is 0 Å². The Hall–Kier alpha value is -4.66. The second-order valence-corrected chi connectivity index (χ2v) is 16.0. The van der Waals surface area contributed by atoms with Crippen molar-refractivity contribution in [1.29, 1.82) is 0 Å². The second-order valence-electron chi connectivity index (χ2n) is 16.0. The summed E-state index contributed by atoms with van der Waals surface area (Å²) in [6.07, 6.45) is 15.0. The second kappa shape index (κ2) is 23.1. The number of piperidine rings is 1. The lowest BCUT2D eigenvalue weighted by Crippen LogP contribution is -2.45. The SMILES string of the molecule is CCCCN(Cc1ccccc1)C(=O)C(N)CCC(=O)N1CCC(Nc2nc(NCc3cn(CCCNCCCNC4CCCCC4)nn3)nc3ccccc23)CC1. The number of fused-ring (bicyclic) bond motifs is 1. The zero-order valence-electron chi connectivity index (χ0n) is 34.6. The van der Waals surface area contributed by atoms with Gasteiger partial charge in [0.2, 0.25) is 17.8 Å². The van der Waals surface area contributed by atoms with E-state index in [0.29, 0.717) is 45.1 Å². The summed E-state index contributed by atoms with van der Waals surface area (Å²) < 4.78 is 1.90. The minimum Gasteiger partial charge on any atom is -0.367 e. The van der Waals surface area contributed by atoms with Crippen LogP contribution < -0.4 is 27.0 Å². The number of aryl methyl sites for hydroxylation is 1. The molecule has 1 aliphatic heterocycles. The van der Waals surface area contributed by atoms with E-state index in [1.54, 1.807) is 0 Å². The number of carbonyl (C=O) groups excluding carboxylic acids is 2. The van der Waals surface area contributed by atoms with Crippen LogP contribution in [0.5, 0.6) is 0 Å². The Morgan fingerprint density at radius 1 is 0.897 bits per heavy atom. The highest BCUT2D eigenvalue weighted by Gasteiger charge is 2.26. The van der Waals surface area contributed by atoms with Gasteiger partial charge in [-0.15, -0.1) is 5.10 Å². The maximum Gasteiger partial charge on any atom is 0.239 e. The number of aromatic nitrogens is 5. The molecule has 2 aromatic carbocycles. The zero-order chi connectivity index (χ0) is 40.4. The molecule has 1 atom stereocenters. The summed E-state index contributed by atoms with van der Waals surface area (Å²) in [4.78, 5) is 40.0. The van der Waals surface area contributed by atoms with Crippen LogP contribution in [0, 0.1) is 0 Å². The fraction of sp³-hybridized carbons (Fsp3) is 0.591. The highest BCUT2D eigenvalue weighted by Crippen LogP contribution is 2.25. The number of unbranched alkanes of at least 4 members (excludes halogenated alkanes) is 1. The van der Waals surface area contributed by atoms with E-state index in [1.165, 1.54) is 32.1 Å². The Kier molecular flexibility index (Phi) is 17.1. The van der Waals surface area contributed by atoms with Crippen molar-refractivity contribution in [3.05, 3.63) is 72.1 Å². The maximum atomic E-state index is 13.3. The summed E-state index contributed by atoms with van der Waals surface area (Å²) in [5.74, 6) is 1.25. The molecule has 2 aliphatic rings. The van der Waals surface area contributed by atoms with Crippen LogP contribution in [-0.2, 0) is 29.2 Å².